The van der Waals surface area contributed by atoms with Crippen molar-refractivity contribution < 1.29 is 19.1 Å². The normalized spacial score (nSPS) is 17.7. The molecule has 0 radical (unpaired) electrons. The van der Waals surface area contributed by atoms with Crippen LogP contribution in [-0.2, 0) is 16.1 Å². The van der Waals surface area contributed by atoms with Crippen molar-refractivity contribution in [3.8, 4) is 0 Å². The zero-order valence-electron chi connectivity index (χ0n) is 18.4. The molecule has 9 heteroatoms. The summed E-state index contributed by atoms with van der Waals surface area (Å²) in [6.07, 6.45) is 7.47. The molecule has 8 nitrogen and oxygen atoms in total. The number of benzene rings is 1. The van der Waals surface area contributed by atoms with E-state index in [1.165, 1.54) is 29.2 Å². The Kier molecular flexibility index (Phi) is 5.45. The highest BCUT2D eigenvalue weighted by atomic mass is 19.1. The van der Waals surface area contributed by atoms with Crippen LogP contribution in [0.4, 0.5) is 4.39 Å². The second-order valence-corrected chi connectivity index (χ2v) is 8.17. The van der Waals surface area contributed by atoms with Gasteiger partial charge in [-0.15, -0.1) is 0 Å². The SMILES string of the molecule is Cc1nc2ccccn2c1C(O)=C1C(=O)C(=O)N(CCCn2ccnc2)[C@H]1c1ccc(F)cc1. The molecule has 1 aliphatic heterocycles. The number of rotatable bonds is 6. The lowest BCUT2D eigenvalue weighted by molar-refractivity contribution is -0.139. The number of pyridine rings is 1. The van der Waals surface area contributed by atoms with E-state index < -0.39 is 23.5 Å². The molecule has 4 aromatic rings. The quantitative estimate of drug-likeness (QED) is 0.271. The van der Waals surface area contributed by atoms with Gasteiger partial charge in [0.15, 0.2) is 5.76 Å². The molecule has 1 atom stereocenters. The van der Waals surface area contributed by atoms with Crippen molar-refractivity contribution in [3.63, 3.8) is 0 Å². The zero-order chi connectivity index (χ0) is 23.8. The number of hydrogen-bond donors (Lipinski definition) is 1. The summed E-state index contributed by atoms with van der Waals surface area (Å²) in [6.45, 7) is 2.61. The summed E-state index contributed by atoms with van der Waals surface area (Å²) in [5.74, 6) is -2.22. The molecular weight excluding hydrogens is 437 g/mol. The first-order chi connectivity index (χ1) is 16.5. The van der Waals surface area contributed by atoms with Gasteiger partial charge in [-0.25, -0.2) is 14.4 Å². The van der Waals surface area contributed by atoms with Gasteiger partial charge in [-0.05, 0) is 43.2 Å². The van der Waals surface area contributed by atoms with E-state index in [0.29, 0.717) is 35.6 Å². The summed E-state index contributed by atoms with van der Waals surface area (Å²) in [6, 6.07) is 10.2. The Bertz CT molecular complexity index is 1410. The van der Waals surface area contributed by atoms with E-state index in [-0.39, 0.29) is 17.9 Å². The molecule has 1 amide bonds. The number of aryl methyl sites for hydroxylation is 2. The van der Waals surface area contributed by atoms with Crippen molar-refractivity contribution in [3.05, 3.63) is 95.7 Å². The summed E-state index contributed by atoms with van der Waals surface area (Å²) in [4.78, 5) is 36.2. The van der Waals surface area contributed by atoms with Gasteiger partial charge in [0.2, 0.25) is 0 Å². The third-order valence-electron chi connectivity index (χ3n) is 6.03. The predicted molar refractivity (Wildman–Crippen MR) is 122 cm³/mol. The highest BCUT2D eigenvalue weighted by Crippen LogP contribution is 2.40. The average molecular weight is 459 g/mol. The van der Waals surface area contributed by atoms with Crippen molar-refractivity contribution in [2.75, 3.05) is 6.54 Å². The summed E-state index contributed by atoms with van der Waals surface area (Å²) in [7, 11) is 0. The number of aliphatic hydroxyl groups excluding tert-OH is 1. The number of carbonyl (C=O) groups is 2. The number of nitrogens with zero attached hydrogens (tertiary/aromatic N) is 5. The Morgan fingerprint density at radius 1 is 1.09 bits per heavy atom. The first kappa shape index (κ1) is 21.6. The number of likely N-dealkylation sites (tertiary alicyclic amines) is 1. The lowest BCUT2D eigenvalue weighted by Crippen LogP contribution is -2.31. The van der Waals surface area contributed by atoms with Gasteiger partial charge in [0.1, 0.15) is 17.2 Å². The van der Waals surface area contributed by atoms with E-state index >= 15 is 0 Å². The number of amides is 1. The minimum absolute atomic E-state index is 0.0343. The van der Waals surface area contributed by atoms with Gasteiger partial charge in [-0.2, -0.15) is 0 Å². The van der Waals surface area contributed by atoms with Gasteiger partial charge in [-0.3, -0.25) is 14.0 Å². The number of ketones is 1. The highest BCUT2D eigenvalue weighted by Gasteiger charge is 2.46. The Morgan fingerprint density at radius 2 is 1.88 bits per heavy atom. The van der Waals surface area contributed by atoms with Gasteiger partial charge in [0, 0.05) is 31.7 Å². The molecule has 0 aliphatic carbocycles. The Hall–Kier alpha value is -4.27. The van der Waals surface area contributed by atoms with E-state index in [1.807, 2.05) is 16.8 Å². The van der Waals surface area contributed by atoms with Crippen molar-refractivity contribution in [1.82, 2.24) is 23.8 Å². The van der Waals surface area contributed by atoms with Gasteiger partial charge in [0.05, 0.1) is 23.6 Å². The molecule has 0 bridgehead atoms. The summed E-state index contributed by atoms with van der Waals surface area (Å²) in [5.41, 5.74) is 1.98. The van der Waals surface area contributed by atoms with Crippen LogP contribution >= 0.6 is 0 Å². The molecule has 1 fully saturated rings. The van der Waals surface area contributed by atoms with Crippen molar-refractivity contribution in [2.24, 2.45) is 0 Å². The Morgan fingerprint density at radius 3 is 2.62 bits per heavy atom. The maximum Gasteiger partial charge on any atom is 0.295 e. The molecule has 172 valence electrons. The summed E-state index contributed by atoms with van der Waals surface area (Å²) < 4.78 is 17.2. The third kappa shape index (κ3) is 3.64. The number of fused-ring (bicyclic) bond motifs is 1. The molecule has 1 N–H and O–H groups in total. The smallest absolute Gasteiger partial charge is 0.295 e. The number of aromatic nitrogens is 4. The van der Waals surface area contributed by atoms with Crippen molar-refractivity contribution in [2.45, 2.75) is 25.9 Å². The molecule has 34 heavy (non-hydrogen) atoms. The standard InChI is InChI=1S/C25H22FN5O3/c1-16-21(30-12-3-2-5-19(30)28-16)23(32)20-22(17-6-8-18(26)9-7-17)31(25(34)24(20)33)13-4-11-29-14-10-27-15-29/h2-3,5-10,12,14-15,22,32H,4,11,13H2,1H3/t22-/m0/s1. The van der Waals surface area contributed by atoms with E-state index in [1.54, 1.807) is 42.2 Å². The molecule has 5 rings (SSSR count). The number of carbonyl (C=O) groups excluding carboxylic acids is 2. The van der Waals surface area contributed by atoms with Crippen LogP contribution in [0.5, 0.6) is 0 Å². The molecule has 0 unspecified atom stereocenters. The predicted octanol–water partition coefficient (Wildman–Crippen LogP) is 3.49. The topological polar surface area (TPSA) is 92.7 Å². The van der Waals surface area contributed by atoms with E-state index in [0.717, 1.165) is 0 Å². The van der Waals surface area contributed by atoms with Crippen molar-refractivity contribution in [1.29, 1.82) is 0 Å². The van der Waals surface area contributed by atoms with Crippen LogP contribution in [0.25, 0.3) is 11.4 Å². The van der Waals surface area contributed by atoms with E-state index in [9.17, 15) is 19.1 Å². The Labute approximate surface area is 194 Å². The third-order valence-corrected chi connectivity index (χ3v) is 6.03. The van der Waals surface area contributed by atoms with Crippen LogP contribution in [0.1, 0.15) is 29.4 Å². The minimum Gasteiger partial charge on any atom is -0.505 e. The molecule has 0 saturated carbocycles. The number of hydrogen-bond acceptors (Lipinski definition) is 5. The van der Waals surface area contributed by atoms with Crippen LogP contribution in [-0.4, -0.2) is 47.2 Å². The van der Waals surface area contributed by atoms with E-state index in [4.69, 9.17) is 0 Å². The first-order valence-corrected chi connectivity index (χ1v) is 10.9. The Balaban J connectivity index is 1.60. The number of aliphatic hydroxyl groups is 1. The lowest BCUT2D eigenvalue weighted by atomic mass is 9.96. The minimum atomic E-state index is -0.850. The molecule has 1 saturated heterocycles. The van der Waals surface area contributed by atoms with Crippen LogP contribution in [0.2, 0.25) is 0 Å². The maximum absolute atomic E-state index is 13.7. The van der Waals surface area contributed by atoms with Crippen LogP contribution in [0.3, 0.4) is 0 Å². The number of halogens is 1. The second-order valence-electron chi connectivity index (χ2n) is 8.17. The highest BCUT2D eigenvalue weighted by molar-refractivity contribution is 6.46. The summed E-state index contributed by atoms with van der Waals surface area (Å²) in [5, 5.41) is 11.4. The average Bonchev–Trinajstić information content (AvgIpc) is 3.52. The monoisotopic (exact) mass is 459 g/mol. The van der Waals surface area contributed by atoms with Gasteiger partial charge >= 0.3 is 0 Å². The lowest BCUT2D eigenvalue weighted by Gasteiger charge is -2.25. The fourth-order valence-electron chi connectivity index (χ4n) is 4.47. The molecule has 0 spiro atoms. The van der Waals surface area contributed by atoms with Crippen LogP contribution in [0.15, 0.2) is 73.0 Å². The first-order valence-electron chi connectivity index (χ1n) is 10.9. The molecule has 1 aliphatic rings. The van der Waals surface area contributed by atoms with Crippen LogP contribution < -0.4 is 0 Å². The number of Topliss-reactive ketones (excluding diaryl/α,β-unsaturated/α-hetero) is 1. The fraction of sp³-hybridized carbons (Fsp3) is 0.200. The van der Waals surface area contributed by atoms with Gasteiger partial charge in [0.25, 0.3) is 11.7 Å². The van der Waals surface area contributed by atoms with E-state index in [2.05, 4.69) is 9.97 Å². The largest absolute Gasteiger partial charge is 0.505 e. The van der Waals surface area contributed by atoms with Gasteiger partial charge < -0.3 is 14.6 Å². The molecule has 1 aromatic carbocycles. The number of imidazole rings is 2. The fourth-order valence-corrected chi connectivity index (χ4v) is 4.47. The molecule has 4 heterocycles. The molecule has 3 aromatic heterocycles. The van der Waals surface area contributed by atoms with Gasteiger partial charge in [-0.1, -0.05) is 18.2 Å². The van der Waals surface area contributed by atoms with Crippen LogP contribution in [0, 0.1) is 12.7 Å². The maximum atomic E-state index is 13.7. The second kappa shape index (κ2) is 8.58. The summed E-state index contributed by atoms with van der Waals surface area (Å²) >= 11 is 0. The zero-order valence-corrected chi connectivity index (χ0v) is 18.4. The van der Waals surface area contributed by atoms with Crippen molar-refractivity contribution >= 4 is 23.1 Å². The molecular formula is C25H22FN5O3.